The van der Waals surface area contributed by atoms with E-state index in [1.807, 2.05) is 12.1 Å². The average molecular weight is 340 g/mol. The van der Waals surface area contributed by atoms with Crippen LogP contribution in [0.3, 0.4) is 0 Å². The Labute approximate surface area is 127 Å². The largest absolute Gasteiger partial charge is 0.468 e. The van der Waals surface area contributed by atoms with Crippen LogP contribution in [0.1, 0.15) is 36.0 Å². The fourth-order valence-corrected chi connectivity index (χ4v) is 2.97. The highest BCUT2D eigenvalue weighted by molar-refractivity contribution is 9.10. The van der Waals surface area contributed by atoms with Crippen molar-refractivity contribution in [2.45, 2.75) is 31.7 Å². The number of ether oxygens (including phenoxy) is 1. The average Bonchev–Trinajstić information content (AvgIpc) is 2.97. The van der Waals surface area contributed by atoms with Gasteiger partial charge >= 0.3 is 5.97 Å². The monoisotopic (exact) mass is 339 g/mol. The minimum Gasteiger partial charge on any atom is -0.468 e. The van der Waals surface area contributed by atoms with Gasteiger partial charge in [-0.15, -0.1) is 0 Å². The van der Waals surface area contributed by atoms with Gasteiger partial charge in [0.25, 0.3) is 5.91 Å². The molecule has 0 atom stereocenters. The first kappa shape index (κ1) is 15.0. The quantitative estimate of drug-likeness (QED) is 0.792. The molecule has 1 fully saturated rings. The molecule has 0 aliphatic heterocycles. The van der Waals surface area contributed by atoms with Gasteiger partial charge < -0.3 is 9.64 Å². The third-order valence-electron chi connectivity index (χ3n) is 3.63. The molecule has 0 aromatic heterocycles. The van der Waals surface area contributed by atoms with E-state index in [1.54, 1.807) is 17.0 Å². The summed E-state index contributed by atoms with van der Waals surface area (Å²) in [5.74, 6) is -0.483. The van der Waals surface area contributed by atoms with Crippen LogP contribution in [-0.4, -0.2) is 36.5 Å². The maximum atomic E-state index is 12.6. The Kier molecular flexibility index (Phi) is 5.17. The minimum atomic E-state index is -0.375. The van der Waals surface area contributed by atoms with Crippen LogP contribution in [0, 0.1) is 0 Å². The lowest BCUT2D eigenvalue weighted by Crippen LogP contribution is -2.42. The molecule has 0 radical (unpaired) electrons. The molecule has 0 unspecified atom stereocenters. The second kappa shape index (κ2) is 6.88. The topological polar surface area (TPSA) is 46.6 Å². The second-order valence-electron chi connectivity index (χ2n) is 4.96. The molecule has 0 N–H and O–H groups in total. The van der Waals surface area contributed by atoms with Gasteiger partial charge in [0, 0.05) is 16.1 Å². The number of amides is 1. The molecule has 0 heterocycles. The van der Waals surface area contributed by atoms with Gasteiger partial charge in [0.2, 0.25) is 0 Å². The molecule has 1 aromatic rings. The summed E-state index contributed by atoms with van der Waals surface area (Å²) >= 11 is 3.37. The van der Waals surface area contributed by atoms with E-state index >= 15 is 0 Å². The summed E-state index contributed by atoms with van der Waals surface area (Å²) in [7, 11) is 1.35. The number of benzene rings is 1. The van der Waals surface area contributed by atoms with Gasteiger partial charge in [-0.3, -0.25) is 9.59 Å². The number of carbonyl (C=O) groups excluding carboxylic acids is 2. The van der Waals surface area contributed by atoms with Crippen molar-refractivity contribution in [3.8, 4) is 0 Å². The number of rotatable bonds is 4. The Bertz CT molecular complexity index is 498. The van der Waals surface area contributed by atoms with E-state index in [9.17, 15) is 9.59 Å². The van der Waals surface area contributed by atoms with Crippen molar-refractivity contribution in [2.75, 3.05) is 13.7 Å². The summed E-state index contributed by atoms with van der Waals surface area (Å²) in [6.45, 7) is 0.0204. The molecule has 1 aliphatic carbocycles. The van der Waals surface area contributed by atoms with Gasteiger partial charge in [-0.25, -0.2) is 0 Å². The molecule has 2 rings (SSSR count). The Morgan fingerprint density at radius 1 is 1.35 bits per heavy atom. The first-order chi connectivity index (χ1) is 9.61. The molecule has 1 saturated carbocycles. The van der Waals surface area contributed by atoms with Gasteiger partial charge in [0.15, 0.2) is 0 Å². The highest BCUT2D eigenvalue weighted by atomic mass is 79.9. The lowest BCUT2D eigenvalue weighted by Gasteiger charge is -2.28. The summed E-state index contributed by atoms with van der Waals surface area (Å²) in [5.41, 5.74) is 0.593. The Hall–Kier alpha value is -1.36. The van der Waals surface area contributed by atoms with Crippen molar-refractivity contribution in [3.05, 3.63) is 34.3 Å². The number of hydrogen-bond donors (Lipinski definition) is 0. The summed E-state index contributed by atoms with van der Waals surface area (Å²) in [5, 5.41) is 0. The van der Waals surface area contributed by atoms with Crippen LogP contribution < -0.4 is 0 Å². The normalized spacial score (nSPS) is 15.1. The lowest BCUT2D eigenvalue weighted by atomic mass is 10.1. The van der Waals surface area contributed by atoms with E-state index < -0.39 is 0 Å². The van der Waals surface area contributed by atoms with E-state index in [0.717, 1.165) is 30.2 Å². The van der Waals surface area contributed by atoms with E-state index in [0.29, 0.717) is 5.56 Å². The van der Waals surface area contributed by atoms with Gasteiger partial charge in [0.1, 0.15) is 6.54 Å². The Balaban J connectivity index is 2.20. The Morgan fingerprint density at radius 2 is 2.05 bits per heavy atom. The number of hydrogen-bond acceptors (Lipinski definition) is 3. The molecule has 0 spiro atoms. The molecule has 20 heavy (non-hydrogen) atoms. The molecular formula is C15H18BrNO3. The predicted molar refractivity (Wildman–Crippen MR) is 79.5 cm³/mol. The number of methoxy groups -OCH3 is 1. The van der Waals surface area contributed by atoms with Crippen molar-refractivity contribution < 1.29 is 14.3 Å². The highest BCUT2D eigenvalue weighted by Gasteiger charge is 2.29. The first-order valence-corrected chi connectivity index (χ1v) is 7.54. The van der Waals surface area contributed by atoms with Crippen LogP contribution >= 0.6 is 15.9 Å². The van der Waals surface area contributed by atoms with Gasteiger partial charge in [-0.1, -0.05) is 34.8 Å². The summed E-state index contributed by atoms with van der Waals surface area (Å²) in [6.07, 6.45) is 4.12. The van der Waals surface area contributed by atoms with E-state index in [-0.39, 0.29) is 24.5 Å². The molecule has 5 heteroatoms. The smallest absolute Gasteiger partial charge is 0.325 e. The maximum Gasteiger partial charge on any atom is 0.325 e. The summed E-state index contributed by atoms with van der Waals surface area (Å²) < 4.78 is 5.56. The molecular weight excluding hydrogens is 322 g/mol. The van der Waals surface area contributed by atoms with Crippen LogP contribution in [0.15, 0.2) is 28.7 Å². The second-order valence-corrected chi connectivity index (χ2v) is 5.87. The van der Waals surface area contributed by atoms with Crippen LogP contribution in [0.2, 0.25) is 0 Å². The molecule has 0 bridgehead atoms. The number of halogens is 1. The van der Waals surface area contributed by atoms with Gasteiger partial charge in [0.05, 0.1) is 7.11 Å². The van der Waals surface area contributed by atoms with Crippen molar-refractivity contribution in [2.24, 2.45) is 0 Å². The van der Waals surface area contributed by atoms with Crippen LogP contribution in [0.4, 0.5) is 0 Å². The van der Waals surface area contributed by atoms with E-state index in [1.165, 1.54) is 7.11 Å². The zero-order chi connectivity index (χ0) is 14.5. The van der Waals surface area contributed by atoms with Crippen molar-refractivity contribution in [1.82, 2.24) is 4.90 Å². The van der Waals surface area contributed by atoms with Crippen molar-refractivity contribution in [3.63, 3.8) is 0 Å². The lowest BCUT2D eigenvalue weighted by molar-refractivity contribution is -0.141. The number of nitrogens with zero attached hydrogens (tertiary/aromatic N) is 1. The molecule has 1 aliphatic rings. The van der Waals surface area contributed by atoms with Crippen molar-refractivity contribution >= 4 is 27.8 Å². The molecule has 0 saturated heterocycles. The molecule has 4 nitrogen and oxygen atoms in total. The zero-order valence-electron chi connectivity index (χ0n) is 11.5. The first-order valence-electron chi connectivity index (χ1n) is 6.75. The zero-order valence-corrected chi connectivity index (χ0v) is 13.1. The SMILES string of the molecule is COC(=O)CN(C(=O)c1cccc(Br)c1)C1CCCC1. The fraction of sp³-hybridized carbons (Fsp3) is 0.467. The van der Waals surface area contributed by atoms with Crippen LogP contribution in [0.25, 0.3) is 0 Å². The summed E-state index contributed by atoms with van der Waals surface area (Å²) in [4.78, 5) is 25.8. The predicted octanol–water partition coefficient (Wildman–Crippen LogP) is 3.01. The van der Waals surface area contributed by atoms with Crippen LogP contribution in [0.5, 0.6) is 0 Å². The summed E-state index contributed by atoms with van der Waals surface area (Å²) in [6, 6.07) is 7.38. The third-order valence-corrected chi connectivity index (χ3v) is 4.12. The highest BCUT2D eigenvalue weighted by Crippen LogP contribution is 2.25. The third kappa shape index (κ3) is 3.60. The maximum absolute atomic E-state index is 12.6. The van der Waals surface area contributed by atoms with E-state index in [2.05, 4.69) is 15.9 Å². The van der Waals surface area contributed by atoms with E-state index in [4.69, 9.17) is 4.74 Å². The fourth-order valence-electron chi connectivity index (χ4n) is 2.57. The molecule has 1 amide bonds. The number of esters is 1. The molecule has 108 valence electrons. The standard InChI is InChI=1S/C15H18BrNO3/c1-20-14(18)10-17(13-7-2-3-8-13)15(19)11-5-4-6-12(16)9-11/h4-6,9,13H,2-3,7-8,10H2,1H3. The number of carbonyl (C=O) groups is 2. The van der Waals surface area contributed by atoms with Crippen molar-refractivity contribution in [1.29, 1.82) is 0 Å². The Morgan fingerprint density at radius 3 is 2.65 bits per heavy atom. The van der Waals surface area contributed by atoms with Crippen LogP contribution in [-0.2, 0) is 9.53 Å². The minimum absolute atomic E-state index is 0.0204. The van der Waals surface area contributed by atoms with Gasteiger partial charge in [-0.05, 0) is 31.0 Å². The van der Waals surface area contributed by atoms with Gasteiger partial charge in [-0.2, -0.15) is 0 Å². The molecule has 1 aromatic carbocycles.